The number of carbonyl (C=O) groups excluding carboxylic acids is 2. The molecule has 0 spiro atoms. The number of amides is 2. The Morgan fingerprint density at radius 2 is 1.91 bits per heavy atom. The fourth-order valence-electron chi connectivity index (χ4n) is 6.71. The topological polar surface area (TPSA) is 109 Å². The number of hydrogen-bond acceptors (Lipinski definition) is 6. The van der Waals surface area contributed by atoms with Crippen LogP contribution in [-0.4, -0.2) is 70.0 Å². The van der Waals surface area contributed by atoms with Gasteiger partial charge in [-0.05, 0) is 80.7 Å². The summed E-state index contributed by atoms with van der Waals surface area (Å²) in [5, 5.41) is 22.6. The van der Waals surface area contributed by atoms with Crippen molar-refractivity contribution in [3.05, 3.63) is 82.7 Å². The number of rotatable bonds is 13. The zero-order chi connectivity index (χ0) is 31.1. The van der Waals surface area contributed by atoms with Crippen molar-refractivity contribution in [3.63, 3.8) is 0 Å². The Balaban J connectivity index is 1.30. The number of methoxy groups -OCH3 is 1. The Morgan fingerprint density at radius 1 is 1.09 bits per heavy atom. The largest absolute Gasteiger partial charge is 0.497 e. The van der Waals surface area contributed by atoms with Crippen molar-refractivity contribution in [2.75, 3.05) is 20.2 Å². The summed E-state index contributed by atoms with van der Waals surface area (Å²) in [7, 11) is 1.67. The summed E-state index contributed by atoms with van der Waals surface area (Å²) in [6, 6.07) is 17.4. The van der Waals surface area contributed by atoms with E-state index in [1.54, 1.807) is 17.9 Å². The standard InChI is InChI=1S/C35H47N5O4/c1-4-11-26-14-9-10-19-39(26)35(43)32-22-31(38-40(32)5-2)34(42)37-30(20-24-12-7-6-8-13-24)33(41)23-36-29-18-16-25-15-17-27(44-3)21-28(25)29/h6-8,12-13,15,17,21-22,26,29-30,33,36,41H,4-5,9-11,14,16,18-20,23H2,1-3H3,(H,37,42)/t26?,29-,30-,33+/m0/s1. The number of ether oxygens (including phenoxy) is 1. The van der Waals surface area contributed by atoms with Crippen molar-refractivity contribution in [2.24, 2.45) is 0 Å². The van der Waals surface area contributed by atoms with Crippen molar-refractivity contribution in [1.29, 1.82) is 0 Å². The molecule has 0 bridgehead atoms. The van der Waals surface area contributed by atoms with Gasteiger partial charge in [0.2, 0.25) is 0 Å². The Morgan fingerprint density at radius 3 is 2.66 bits per heavy atom. The summed E-state index contributed by atoms with van der Waals surface area (Å²) < 4.78 is 7.06. The molecule has 5 rings (SSSR count). The second-order valence-electron chi connectivity index (χ2n) is 12.1. The molecular weight excluding hydrogens is 554 g/mol. The lowest BCUT2D eigenvalue weighted by Crippen LogP contribution is -2.49. The van der Waals surface area contributed by atoms with Crippen LogP contribution in [0.4, 0.5) is 0 Å². The van der Waals surface area contributed by atoms with Gasteiger partial charge in [0.25, 0.3) is 11.8 Å². The molecule has 4 atom stereocenters. The van der Waals surface area contributed by atoms with Crippen LogP contribution in [0.2, 0.25) is 0 Å². The van der Waals surface area contributed by atoms with Gasteiger partial charge in [-0.15, -0.1) is 0 Å². The summed E-state index contributed by atoms with van der Waals surface area (Å²) >= 11 is 0. The molecule has 0 saturated carbocycles. The van der Waals surface area contributed by atoms with Crippen LogP contribution in [0.3, 0.4) is 0 Å². The second kappa shape index (κ2) is 14.9. The van der Waals surface area contributed by atoms with Gasteiger partial charge in [0.05, 0.1) is 19.3 Å². The maximum absolute atomic E-state index is 13.7. The van der Waals surface area contributed by atoms with Gasteiger partial charge in [-0.1, -0.05) is 49.7 Å². The SMILES string of the molecule is CCCC1CCCCN1C(=O)c1cc(C(=O)N[C@@H](Cc2ccccc2)[C@H](O)CN[C@H]2CCc3ccc(OC)cc32)nn1CC. The first kappa shape index (κ1) is 31.7. The van der Waals surface area contributed by atoms with E-state index in [0.717, 1.165) is 62.8 Å². The Bertz CT molecular complexity index is 1410. The molecule has 9 nitrogen and oxygen atoms in total. The highest BCUT2D eigenvalue weighted by atomic mass is 16.5. The monoisotopic (exact) mass is 601 g/mol. The third-order valence-electron chi connectivity index (χ3n) is 9.12. The van der Waals surface area contributed by atoms with Gasteiger partial charge in [-0.3, -0.25) is 14.3 Å². The maximum atomic E-state index is 13.7. The minimum absolute atomic E-state index is 0.0601. The van der Waals surface area contributed by atoms with Crippen LogP contribution < -0.4 is 15.4 Å². The number of nitrogens with one attached hydrogen (secondary N) is 2. The summed E-state index contributed by atoms with van der Waals surface area (Å²) in [6.45, 7) is 5.59. The van der Waals surface area contributed by atoms with Gasteiger partial charge in [-0.25, -0.2) is 0 Å². The fourth-order valence-corrected chi connectivity index (χ4v) is 6.71. The van der Waals surface area contributed by atoms with Gasteiger partial charge in [-0.2, -0.15) is 5.10 Å². The van der Waals surface area contributed by atoms with E-state index >= 15 is 0 Å². The number of aromatic nitrogens is 2. The van der Waals surface area contributed by atoms with Gasteiger partial charge in [0.15, 0.2) is 5.69 Å². The number of benzene rings is 2. The lowest BCUT2D eigenvalue weighted by Gasteiger charge is -2.35. The predicted octanol–water partition coefficient (Wildman–Crippen LogP) is 4.69. The van der Waals surface area contributed by atoms with Crippen LogP contribution in [0.1, 0.15) is 96.1 Å². The summed E-state index contributed by atoms with van der Waals surface area (Å²) in [6.07, 6.45) is 6.65. The number of hydrogen-bond donors (Lipinski definition) is 3. The molecule has 1 aliphatic heterocycles. The third-order valence-corrected chi connectivity index (χ3v) is 9.12. The summed E-state index contributed by atoms with van der Waals surface area (Å²) in [4.78, 5) is 29.3. The molecule has 9 heteroatoms. The van der Waals surface area contributed by atoms with Gasteiger partial charge in [0.1, 0.15) is 11.4 Å². The summed E-state index contributed by atoms with van der Waals surface area (Å²) in [5.41, 5.74) is 4.12. The molecule has 2 aliphatic rings. The molecule has 236 valence electrons. The third kappa shape index (κ3) is 7.33. The Kier molecular flexibility index (Phi) is 10.7. The number of likely N-dealkylation sites (tertiary alicyclic amines) is 1. The van der Waals surface area contributed by atoms with E-state index in [-0.39, 0.29) is 23.7 Å². The average molecular weight is 602 g/mol. The second-order valence-corrected chi connectivity index (χ2v) is 12.1. The van der Waals surface area contributed by atoms with Crippen molar-refractivity contribution in [1.82, 2.24) is 25.3 Å². The van der Waals surface area contributed by atoms with Crippen molar-refractivity contribution < 1.29 is 19.4 Å². The van der Waals surface area contributed by atoms with Crippen LogP contribution >= 0.6 is 0 Å². The number of carbonyl (C=O) groups is 2. The Labute approximate surface area is 261 Å². The number of piperidine rings is 1. The van der Waals surface area contributed by atoms with Crippen LogP contribution in [0.15, 0.2) is 54.6 Å². The van der Waals surface area contributed by atoms with Crippen LogP contribution in [-0.2, 0) is 19.4 Å². The number of nitrogens with zero attached hydrogens (tertiary/aromatic N) is 3. The molecule has 1 fully saturated rings. The van der Waals surface area contributed by atoms with E-state index in [1.165, 1.54) is 11.1 Å². The lowest BCUT2D eigenvalue weighted by molar-refractivity contribution is 0.0588. The zero-order valence-corrected chi connectivity index (χ0v) is 26.3. The van der Waals surface area contributed by atoms with E-state index in [2.05, 4.69) is 34.8 Å². The van der Waals surface area contributed by atoms with E-state index < -0.39 is 18.1 Å². The van der Waals surface area contributed by atoms with Crippen molar-refractivity contribution >= 4 is 11.8 Å². The molecule has 2 heterocycles. The number of fused-ring (bicyclic) bond motifs is 1. The fraction of sp³-hybridized carbons (Fsp3) is 0.514. The zero-order valence-electron chi connectivity index (χ0n) is 26.3. The molecule has 2 amide bonds. The van der Waals surface area contributed by atoms with E-state index in [1.807, 2.05) is 48.2 Å². The quantitative estimate of drug-likeness (QED) is 0.263. The molecule has 3 aromatic rings. The van der Waals surface area contributed by atoms with E-state index in [9.17, 15) is 14.7 Å². The molecule has 1 aliphatic carbocycles. The normalized spacial score (nSPS) is 19.3. The number of aliphatic hydroxyl groups excluding tert-OH is 1. The molecule has 1 saturated heterocycles. The summed E-state index contributed by atoms with van der Waals surface area (Å²) in [5.74, 6) is 0.360. The first-order chi connectivity index (χ1) is 21.4. The van der Waals surface area contributed by atoms with Crippen molar-refractivity contribution in [3.8, 4) is 5.75 Å². The average Bonchev–Trinajstić information content (AvgIpc) is 3.68. The molecule has 3 N–H and O–H groups in total. The molecular formula is C35H47N5O4. The number of aliphatic hydroxyl groups is 1. The lowest BCUT2D eigenvalue weighted by atomic mass is 9.98. The van der Waals surface area contributed by atoms with Gasteiger partial charge < -0.3 is 25.4 Å². The smallest absolute Gasteiger partial charge is 0.272 e. The van der Waals surface area contributed by atoms with Crippen molar-refractivity contribution in [2.45, 2.75) is 96.0 Å². The maximum Gasteiger partial charge on any atom is 0.272 e. The minimum atomic E-state index is -0.855. The molecule has 2 aromatic carbocycles. The van der Waals surface area contributed by atoms with Gasteiger partial charge in [0, 0.05) is 37.8 Å². The predicted molar refractivity (Wildman–Crippen MR) is 171 cm³/mol. The van der Waals surface area contributed by atoms with Crippen LogP contribution in [0.25, 0.3) is 0 Å². The highest BCUT2D eigenvalue weighted by Crippen LogP contribution is 2.33. The highest BCUT2D eigenvalue weighted by Gasteiger charge is 2.31. The van der Waals surface area contributed by atoms with E-state index in [4.69, 9.17) is 4.74 Å². The molecule has 1 unspecified atom stereocenters. The molecule has 44 heavy (non-hydrogen) atoms. The Hall–Kier alpha value is -3.69. The molecule has 1 aromatic heterocycles. The van der Waals surface area contributed by atoms with Crippen LogP contribution in [0, 0.1) is 0 Å². The highest BCUT2D eigenvalue weighted by molar-refractivity contribution is 5.98. The first-order valence-corrected chi connectivity index (χ1v) is 16.2. The van der Waals surface area contributed by atoms with E-state index in [0.29, 0.717) is 25.2 Å². The number of aryl methyl sites for hydroxylation is 2. The minimum Gasteiger partial charge on any atom is -0.497 e. The van der Waals surface area contributed by atoms with Crippen LogP contribution in [0.5, 0.6) is 5.75 Å². The first-order valence-electron chi connectivity index (χ1n) is 16.2. The van der Waals surface area contributed by atoms with Gasteiger partial charge >= 0.3 is 0 Å². The molecule has 0 radical (unpaired) electrons.